The summed E-state index contributed by atoms with van der Waals surface area (Å²) in [6.45, 7) is 0. The lowest BCUT2D eigenvalue weighted by molar-refractivity contribution is -0.394. The molecule has 0 spiro atoms. The normalized spacial score (nSPS) is 10.9. The highest BCUT2D eigenvalue weighted by atomic mass is 16.6. The Kier molecular flexibility index (Phi) is 4.08. The zero-order chi connectivity index (χ0) is 20.7. The molecule has 0 fully saturated rings. The smallest absolute Gasteiger partial charge is 0.301 e. The molecule has 0 aliphatic heterocycles. The molecule has 10 heteroatoms. The van der Waals surface area contributed by atoms with Gasteiger partial charge in [-0.05, 0) is 42.5 Å². The number of aromatic hydroxyl groups is 2. The van der Waals surface area contributed by atoms with Crippen LogP contribution in [0.3, 0.4) is 0 Å². The van der Waals surface area contributed by atoms with Crippen LogP contribution in [0.5, 0.6) is 11.5 Å². The summed E-state index contributed by atoms with van der Waals surface area (Å²) in [7, 11) is 0. The van der Waals surface area contributed by atoms with Crippen LogP contribution in [0.15, 0.2) is 60.7 Å². The highest BCUT2D eigenvalue weighted by Crippen LogP contribution is 2.35. The van der Waals surface area contributed by atoms with Crippen molar-refractivity contribution in [1.82, 2.24) is 9.78 Å². The van der Waals surface area contributed by atoms with Crippen molar-refractivity contribution in [2.75, 3.05) is 0 Å². The van der Waals surface area contributed by atoms with Crippen LogP contribution in [-0.4, -0.2) is 29.8 Å². The molecule has 0 amide bonds. The van der Waals surface area contributed by atoms with E-state index in [1.807, 2.05) is 0 Å². The Morgan fingerprint density at radius 2 is 1.52 bits per heavy atom. The number of hydrogen-bond acceptors (Lipinski definition) is 7. The molecule has 0 saturated heterocycles. The molecule has 1 heterocycles. The quantitative estimate of drug-likeness (QED) is 0.395. The predicted octanol–water partition coefficient (Wildman–Crippen LogP) is 3.92. The van der Waals surface area contributed by atoms with Crippen LogP contribution in [0, 0.1) is 20.2 Å². The SMILES string of the molecule is O=[N+]([O-])c1ccc(-n2nc(-c3ccc(O)cc3)c3ccc(O)cc32)c([N+](=O)[O-])c1. The Morgan fingerprint density at radius 3 is 2.17 bits per heavy atom. The summed E-state index contributed by atoms with van der Waals surface area (Å²) in [6.07, 6.45) is 0. The molecule has 144 valence electrons. The number of nitro groups is 2. The van der Waals surface area contributed by atoms with E-state index in [0.29, 0.717) is 22.2 Å². The van der Waals surface area contributed by atoms with E-state index in [4.69, 9.17) is 0 Å². The molecule has 4 rings (SSSR count). The molecule has 1 aromatic heterocycles. The number of fused-ring (bicyclic) bond motifs is 1. The standard InChI is InChI=1S/C19H12N4O6/c24-13-4-1-11(2-5-13)19-15-7-6-14(25)10-17(15)21(20-19)16-8-3-12(22(26)27)9-18(16)23(28)29/h1-10,24-25H. The molecule has 3 aromatic carbocycles. The van der Waals surface area contributed by atoms with Gasteiger partial charge in [0.05, 0.1) is 21.4 Å². The topological polar surface area (TPSA) is 145 Å². The number of aromatic nitrogens is 2. The first kappa shape index (κ1) is 17.9. The maximum Gasteiger partial charge on any atom is 0.301 e. The van der Waals surface area contributed by atoms with Crippen molar-refractivity contribution in [1.29, 1.82) is 0 Å². The number of nitrogens with zero attached hydrogens (tertiary/aromatic N) is 4. The van der Waals surface area contributed by atoms with E-state index in [1.165, 1.54) is 35.0 Å². The van der Waals surface area contributed by atoms with Crippen LogP contribution in [0.1, 0.15) is 0 Å². The molecule has 2 N–H and O–H groups in total. The lowest BCUT2D eigenvalue weighted by Crippen LogP contribution is -2.03. The molecule has 0 bridgehead atoms. The fourth-order valence-electron chi connectivity index (χ4n) is 3.07. The molecule has 0 aliphatic rings. The first-order valence-electron chi connectivity index (χ1n) is 8.29. The van der Waals surface area contributed by atoms with Crippen molar-refractivity contribution in [3.63, 3.8) is 0 Å². The van der Waals surface area contributed by atoms with Gasteiger partial charge in [0.1, 0.15) is 22.9 Å². The first-order valence-corrected chi connectivity index (χ1v) is 8.29. The number of benzene rings is 3. The summed E-state index contributed by atoms with van der Waals surface area (Å²) in [5.41, 5.74) is 0.587. The minimum Gasteiger partial charge on any atom is -0.508 e. The van der Waals surface area contributed by atoms with Gasteiger partial charge < -0.3 is 10.2 Å². The van der Waals surface area contributed by atoms with E-state index in [2.05, 4.69) is 5.10 Å². The minimum absolute atomic E-state index is 0.0150. The first-order chi connectivity index (χ1) is 13.8. The Morgan fingerprint density at radius 1 is 0.828 bits per heavy atom. The lowest BCUT2D eigenvalue weighted by Gasteiger charge is -2.05. The Labute approximate surface area is 162 Å². The Bertz CT molecular complexity index is 1280. The van der Waals surface area contributed by atoms with Gasteiger partial charge in [-0.3, -0.25) is 20.2 Å². The number of nitro benzene ring substituents is 2. The van der Waals surface area contributed by atoms with Gasteiger partial charge in [0.25, 0.3) is 5.69 Å². The Hall–Kier alpha value is -4.47. The van der Waals surface area contributed by atoms with Crippen LogP contribution in [0.4, 0.5) is 11.4 Å². The molecule has 29 heavy (non-hydrogen) atoms. The predicted molar refractivity (Wildman–Crippen MR) is 103 cm³/mol. The van der Waals surface area contributed by atoms with E-state index in [-0.39, 0.29) is 17.2 Å². The van der Waals surface area contributed by atoms with Crippen LogP contribution in [-0.2, 0) is 0 Å². The Balaban J connectivity index is 2.02. The molecule has 0 unspecified atom stereocenters. The van der Waals surface area contributed by atoms with E-state index in [1.54, 1.807) is 18.2 Å². The average Bonchev–Trinajstić information content (AvgIpc) is 3.06. The van der Waals surface area contributed by atoms with Crippen LogP contribution in [0.25, 0.3) is 27.8 Å². The van der Waals surface area contributed by atoms with Gasteiger partial charge in [0.15, 0.2) is 0 Å². The van der Waals surface area contributed by atoms with E-state index in [0.717, 1.165) is 12.1 Å². The molecular formula is C19H12N4O6. The monoisotopic (exact) mass is 392 g/mol. The third-order valence-electron chi connectivity index (χ3n) is 4.40. The zero-order valence-corrected chi connectivity index (χ0v) is 14.6. The summed E-state index contributed by atoms with van der Waals surface area (Å²) < 4.78 is 1.26. The zero-order valence-electron chi connectivity index (χ0n) is 14.6. The number of hydrogen-bond donors (Lipinski definition) is 2. The summed E-state index contributed by atoms with van der Waals surface area (Å²) >= 11 is 0. The van der Waals surface area contributed by atoms with Crippen LogP contribution in [0.2, 0.25) is 0 Å². The van der Waals surface area contributed by atoms with Gasteiger partial charge in [0.2, 0.25) is 0 Å². The summed E-state index contributed by atoms with van der Waals surface area (Å²) in [6, 6.07) is 14.0. The number of non-ortho nitro benzene ring substituents is 1. The second kappa shape index (κ2) is 6.60. The minimum atomic E-state index is -0.723. The fraction of sp³-hybridized carbons (Fsp3) is 0. The van der Waals surface area contributed by atoms with Gasteiger partial charge >= 0.3 is 5.69 Å². The number of phenolic OH excluding ortho intramolecular Hbond substituents is 2. The van der Waals surface area contributed by atoms with Crippen molar-refractivity contribution >= 4 is 22.3 Å². The maximum absolute atomic E-state index is 11.6. The van der Waals surface area contributed by atoms with Gasteiger partial charge in [-0.25, -0.2) is 4.68 Å². The van der Waals surface area contributed by atoms with Crippen molar-refractivity contribution in [2.24, 2.45) is 0 Å². The summed E-state index contributed by atoms with van der Waals surface area (Å²) in [5.74, 6) is 0.00149. The van der Waals surface area contributed by atoms with Crippen molar-refractivity contribution in [3.8, 4) is 28.4 Å². The second-order valence-corrected chi connectivity index (χ2v) is 6.20. The summed E-state index contributed by atoms with van der Waals surface area (Å²) in [5, 5.41) is 47.1. The van der Waals surface area contributed by atoms with Crippen LogP contribution < -0.4 is 0 Å². The molecule has 0 atom stereocenters. The van der Waals surface area contributed by atoms with Gasteiger partial charge in [0, 0.05) is 23.1 Å². The number of rotatable bonds is 4. The van der Waals surface area contributed by atoms with E-state index < -0.39 is 21.2 Å². The highest BCUT2D eigenvalue weighted by molar-refractivity contribution is 5.95. The average molecular weight is 392 g/mol. The van der Waals surface area contributed by atoms with Crippen molar-refractivity contribution in [2.45, 2.75) is 0 Å². The number of phenols is 2. The largest absolute Gasteiger partial charge is 0.508 e. The fourth-order valence-corrected chi connectivity index (χ4v) is 3.07. The van der Waals surface area contributed by atoms with Crippen molar-refractivity contribution < 1.29 is 20.1 Å². The molecule has 0 saturated carbocycles. The summed E-state index contributed by atoms with van der Waals surface area (Å²) in [4.78, 5) is 21.1. The lowest BCUT2D eigenvalue weighted by atomic mass is 10.1. The molecule has 4 aromatic rings. The van der Waals surface area contributed by atoms with Crippen molar-refractivity contribution in [3.05, 3.63) is 80.9 Å². The third kappa shape index (κ3) is 3.08. The van der Waals surface area contributed by atoms with E-state index >= 15 is 0 Å². The van der Waals surface area contributed by atoms with Gasteiger partial charge in [-0.15, -0.1) is 0 Å². The second-order valence-electron chi connectivity index (χ2n) is 6.20. The third-order valence-corrected chi connectivity index (χ3v) is 4.40. The molecule has 0 radical (unpaired) electrons. The van der Waals surface area contributed by atoms with E-state index in [9.17, 15) is 30.4 Å². The highest BCUT2D eigenvalue weighted by Gasteiger charge is 2.24. The molecule has 10 nitrogen and oxygen atoms in total. The van der Waals surface area contributed by atoms with Gasteiger partial charge in [-0.2, -0.15) is 5.10 Å². The molecular weight excluding hydrogens is 380 g/mol. The maximum atomic E-state index is 11.6. The molecule has 0 aliphatic carbocycles. The van der Waals surface area contributed by atoms with Gasteiger partial charge in [-0.1, -0.05) is 0 Å². The van der Waals surface area contributed by atoms with Crippen LogP contribution >= 0.6 is 0 Å².